The smallest absolute Gasteiger partial charge is 0.113 e. The molecule has 1 fully saturated rings. The van der Waals surface area contributed by atoms with E-state index in [-0.39, 0.29) is 5.54 Å². The van der Waals surface area contributed by atoms with E-state index in [1.54, 1.807) is 4.88 Å². The lowest BCUT2D eigenvalue weighted by molar-refractivity contribution is 0.237. The lowest BCUT2D eigenvalue weighted by Crippen LogP contribution is -2.46. The molecule has 2 nitrogen and oxygen atoms in total. The second-order valence-corrected chi connectivity index (χ2v) is 7.61. The molecule has 0 bridgehead atoms. The Morgan fingerprint density at radius 3 is 2.74 bits per heavy atom. The third kappa shape index (κ3) is 2.59. The van der Waals surface area contributed by atoms with Crippen molar-refractivity contribution in [3.63, 3.8) is 0 Å². The molecule has 0 aliphatic heterocycles. The fourth-order valence-corrected chi connectivity index (χ4v) is 4.42. The largest absolute Gasteiger partial charge is 0.303 e. The summed E-state index contributed by atoms with van der Waals surface area (Å²) in [7, 11) is 0. The van der Waals surface area contributed by atoms with Crippen LogP contribution in [0.1, 0.15) is 68.5 Å². The van der Waals surface area contributed by atoms with E-state index in [9.17, 15) is 0 Å². The van der Waals surface area contributed by atoms with Gasteiger partial charge in [-0.3, -0.25) is 0 Å². The van der Waals surface area contributed by atoms with E-state index in [4.69, 9.17) is 4.98 Å². The molecular formula is C16H26N2S. The van der Waals surface area contributed by atoms with E-state index in [0.29, 0.717) is 5.92 Å². The van der Waals surface area contributed by atoms with Crippen LogP contribution in [0.15, 0.2) is 0 Å². The van der Waals surface area contributed by atoms with E-state index >= 15 is 0 Å². The second kappa shape index (κ2) is 5.17. The molecule has 0 saturated heterocycles. The summed E-state index contributed by atoms with van der Waals surface area (Å²) >= 11 is 1.98. The predicted octanol–water partition coefficient (Wildman–Crippen LogP) is 4.04. The van der Waals surface area contributed by atoms with Gasteiger partial charge in [0.15, 0.2) is 0 Å². The van der Waals surface area contributed by atoms with E-state index in [1.165, 1.54) is 55.6 Å². The van der Waals surface area contributed by atoms with Crippen LogP contribution in [0.3, 0.4) is 0 Å². The van der Waals surface area contributed by atoms with E-state index in [0.717, 1.165) is 6.04 Å². The van der Waals surface area contributed by atoms with Crippen molar-refractivity contribution >= 4 is 11.3 Å². The van der Waals surface area contributed by atoms with Gasteiger partial charge in [-0.2, -0.15) is 0 Å². The summed E-state index contributed by atoms with van der Waals surface area (Å²) in [6, 6.07) is 0.736. The highest BCUT2D eigenvalue weighted by atomic mass is 32.1. The lowest BCUT2D eigenvalue weighted by Gasteiger charge is -2.35. The van der Waals surface area contributed by atoms with Crippen LogP contribution >= 0.6 is 11.3 Å². The molecule has 19 heavy (non-hydrogen) atoms. The molecule has 1 aromatic rings. The monoisotopic (exact) mass is 278 g/mol. The first-order valence-electron chi connectivity index (χ1n) is 7.90. The van der Waals surface area contributed by atoms with Crippen LogP contribution in [-0.4, -0.2) is 11.0 Å². The Labute approximate surface area is 121 Å². The zero-order valence-corrected chi connectivity index (χ0v) is 13.3. The first-order valence-corrected chi connectivity index (χ1v) is 8.72. The van der Waals surface area contributed by atoms with Gasteiger partial charge in [-0.1, -0.05) is 20.3 Å². The maximum absolute atomic E-state index is 5.03. The topological polar surface area (TPSA) is 24.9 Å². The minimum absolute atomic E-state index is 0.0813. The Kier molecular flexibility index (Phi) is 3.69. The Hall–Kier alpha value is -0.410. The maximum Gasteiger partial charge on any atom is 0.113 e. The lowest BCUT2D eigenvalue weighted by atomic mass is 9.85. The third-order valence-corrected chi connectivity index (χ3v) is 6.36. The number of fused-ring (bicyclic) bond motifs is 1. The molecule has 0 radical (unpaired) electrons. The van der Waals surface area contributed by atoms with Crippen molar-refractivity contribution in [2.75, 3.05) is 0 Å². The normalized spacial score (nSPS) is 23.7. The van der Waals surface area contributed by atoms with Gasteiger partial charge in [-0.05, 0) is 51.4 Å². The van der Waals surface area contributed by atoms with Crippen molar-refractivity contribution in [2.45, 2.75) is 77.3 Å². The van der Waals surface area contributed by atoms with Crippen molar-refractivity contribution in [2.24, 2.45) is 5.92 Å². The number of hydrogen-bond donors (Lipinski definition) is 1. The number of aryl methyl sites for hydroxylation is 2. The Balaban J connectivity index is 1.91. The number of rotatable bonds is 5. The van der Waals surface area contributed by atoms with Gasteiger partial charge in [0.2, 0.25) is 0 Å². The highest BCUT2D eigenvalue weighted by Crippen LogP contribution is 2.39. The molecule has 2 aliphatic rings. The SMILES string of the molecule is CCC(C)C(C)(NC1CC1)c1nc2c(s1)CCCC2. The molecule has 2 unspecified atom stereocenters. The fourth-order valence-electron chi connectivity index (χ4n) is 3.05. The molecule has 2 atom stereocenters. The molecular weight excluding hydrogens is 252 g/mol. The summed E-state index contributed by atoms with van der Waals surface area (Å²) in [5.74, 6) is 0.640. The molecule has 1 aromatic heterocycles. The van der Waals surface area contributed by atoms with E-state index in [2.05, 4.69) is 26.1 Å². The van der Waals surface area contributed by atoms with Gasteiger partial charge in [-0.15, -0.1) is 11.3 Å². The summed E-state index contributed by atoms with van der Waals surface area (Å²) in [4.78, 5) is 6.59. The van der Waals surface area contributed by atoms with Crippen molar-refractivity contribution in [3.8, 4) is 0 Å². The minimum Gasteiger partial charge on any atom is -0.303 e. The van der Waals surface area contributed by atoms with E-state index in [1.807, 2.05) is 11.3 Å². The molecule has 3 heteroatoms. The van der Waals surface area contributed by atoms with Gasteiger partial charge in [0, 0.05) is 10.9 Å². The summed E-state index contributed by atoms with van der Waals surface area (Å²) in [5.41, 5.74) is 1.48. The first kappa shape index (κ1) is 13.6. The van der Waals surface area contributed by atoms with Gasteiger partial charge >= 0.3 is 0 Å². The van der Waals surface area contributed by atoms with Crippen molar-refractivity contribution in [1.29, 1.82) is 0 Å². The Morgan fingerprint density at radius 2 is 2.11 bits per heavy atom. The minimum atomic E-state index is 0.0813. The van der Waals surface area contributed by atoms with Crippen molar-refractivity contribution in [3.05, 3.63) is 15.6 Å². The Morgan fingerprint density at radius 1 is 1.37 bits per heavy atom. The average Bonchev–Trinajstić information content (AvgIpc) is 3.11. The molecule has 1 N–H and O–H groups in total. The fraction of sp³-hybridized carbons (Fsp3) is 0.812. The molecule has 1 saturated carbocycles. The zero-order chi connectivity index (χ0) is 13.5. The zero-order valence-electron chi connectivity index (χ0n) is 12.5. The third-order valence-electron chi connectivity index (χ3n) is 4.97. The predicted molar refractivity (Wildman–Crippen MR) is 81.7 cm³/mol. The highest BCUT2D eigenvalue weighted by Gasteiger charge is 2.40. The van der Waals surface area contributed by atoms with Crippen LogP contribution in [0.4, 0.5) is 0 Å². The van der Waals surface area contributed by atoms with Crippen molar-refractivity contribution < 1.29 is 0 Å². The van der Waals surface area contributed by atoms with E-state index < -0.39 is 0 Å². The molecule has 3 rings (SSSR count). The molecule has 2 aliphatic carbocycles. The van der Waals surface area contributed by atoms with Crippen LogP contribution in [0.25, 0.3) is 0 Å². The van der Waals surface area contributed by atoms with Crippen LogP contribution in [0.2, 0.25) is 0 Å². The summed E-state index contributed by atoms with van der Waals surface area (Å²) in [6.07, 6.45) is 9.03. The number of nitrogens with one attached hydrogen (secondary N) is 1. The average molecular weight is 278 g/mol. The van der Waals surface area contributed by atoms with Gasteiger partial charge in [-0.25, -0.2) is 4.98 Å². The number of thiazole rings is 1. The first-order chi connectivity index (χ1) is 9.13. The number of nitrogens with zero attached hydrogens (tertiary/aromatic N) is 1. The number of aromatic nitrogens is 1. The Bertz CT molecular complexity index is 426. The quantitative estimate of drug-likeness (QED) is 0.879. The van der Waals surface area contributed by atoms with Crippen LogP contribution in [0, 0.1) is 5.92 Å². The summed E-state index contributed by atoms with van der Waals surface area (Å²) in [5, 5.41) is 5.24. The van der Waals surface area contributed by atoms with Crippen LogP contribution < -0.4 is 5.32 Å². The standard InChI is InChI=1S/C16H26N2S/c1-4-11(2)16(3,18-12-9-10-12)15-17-13-7-5-6-8-14(13)19-15/h11-12,18H,4-10H2,1-3H3. The van der Waals surface area contributed by atoms with Gasteiger partial charge in [0.05, 0.1) is 11.2 Å². The van der Waals surface area contributed by atoms with Crippen LogP contribution in [-0.2, 0) is 18.4 Å². The van der Waals surface area contributed by atoms with Crippen LogP contribution in [0.5, 0.6) is 0 Å². The van der Waals surface area contributed by atoms with Crippen molar-refractivity contribution in [1.82, 2.24) is 10.3 Å². The molecule has 0 amide bonds. The van der Waals surface area contributed by atoms with Gasteiger partial charge in [0.1, 0.15) is 5.01 Å². The summed E-state index contributed by atoms with van der Waals surface area (Å²) < 4.78 is 0. The maximum atomic E-state index is 5.03. The molecule has 0 spiro atoms. The molecule has 1 heterocycles. The highest BCUT2D eigenvalue weighted by molar-refractivity contribution is 7.11. The van der Waals surface area contributed by atoms with Gasteiger partial charge in [0.25, 0.3) is 0 Å². The molecule has 106 valence electrons. The van der Waals surface area contributed by atoms with Gasteiger partial charge < -0.3 is 5.32 Å². The summed E-state index contributed by atoms with van der Waals surface area (Å²) in [6.45, 7) is 7.05. The molecule has 0 aromatic carbocycles. The number of hydrogen-bond acceptors (Lipinski definition) is 3. The second-order valence-electron chi connectivity index (χ2n) is 6.53.